The molecule has 4 heteroatoms. The van der Waals surface area contributed by atoms with Gasteiger partial charge in [0.15, 0.2) is 0 Å². The van der Waals surface area contributed by atoms with Crippen LogP contribution in [0.15, 0.2) is 22.7 Å². The fourth-order valence-electron chi connectivity index (χ4n) is 1.05. The van der Waals surface area contributed by atoms with Crippen molar-refractivity contribution in [2.75, 3.05) is 6.54 Å². The van der Waals surface area contributed by atoms with Crippen LogP contribution in [-0.2, 0) is 6.54 Å². The predicted octanol–water partition coefficient (Wildman–Crippen LogP) is 2.54. The van der Waals surface area contributed by atoms with Crippen LogP contribution in [0.5, 0.6) is 0 Å². The van der Waals surface area contributed by atoms with Gasteiger partial charge < -0.3 is 11.1 Å². The summed E-state index contributed by atoms with van der Waals surface area (Å²) in [6, 6.07) is 6.14. The van der Waals surface area contributed by atoms with Crippen molar-refractivity contribution >= 4 is 27.5 Å². The van der Waals surface area contributed by atoms with Gasteiger partial charge in [-0.15, -0.1) is 0 Å². The van der Waals surface area contributed by atoms with Gasteiger partial charge in [-0.2, -0.15) is 0 Å². The molecule has 1 atom stereocenters. The van der Waals surface area contributed by atoms with E-state index in [2.05, 4.69) is 21.2 Å². The molecule has 0 bridgehead atoms. The van der Waals surface area contributed by atoms with Crippen LogP contribution in [0.4, 0.5) is 0 Å². The molecule has 0 amide bonds. The number of rotatable bonds is 4. The molecule has 0 aliphatic rings. The first-order chi connectivity index (χ1) is 6.63. The Morgan fingerprint density at radius 3 is 2.93 bits per heavy atom. The van der Waals surface area contributed by atoms with Crippen molar-refractivity contribution in [3.8, 4) is 0 Å². The molecule has 0 fully saturated rings. The van der Waals surface area contributed by atoms with E-state index in [0.29, 0.717) is 12.6 Å². The first-order valence-corrected chi connectivity index (χ1v) is 5.68. The Balaban J connectivity index is 2.62. The summed E-state index contributed by atoms with van der Waals surface area (Å²) in [5, 5.41) is 4.07. The molecule has 1 rings (SSSR count). The maximum absolute atomic E-state index is 6.03. The molecule has 1 aromatic rings. The monoisotopic (exact) mass is 276 g/mol. The molecule has 0 aliphatic carbocycles. The topological polar surface area (TPSA) is 38.0 Å². The predicted molar refractivity (Wildman–Crippen MR) is 64.5 cm³/mol. The maximum atomic E-state index is 6.03. The Labute approximate surface area is 98.0 Å². The molecule has 2 nitrogen and oxygen atoms in total. The first kappa shape index (κ1) is 12.0. The van der Waals surface area contributed by atoms with Crippen LogP contribution in [0.1, 0.15) is 12.5 Å². The quantitative estimate of drug-likeness (QED) is 0.887. The zero-order valence-corrected chi connectivity index (χ0v) is 10.4. The van der Waals surface area contributed by atoms with Crippen molar-refractivity contribution in [3.63, 3.8) is 0 Å². The van der Waals surface area contributed by atoms with Gasteiger partial charge in [-0.25, -0.2) is 0 Å². The van der Waals surface area contributed by atoms with Gasteiger partial charge in [0.1, 0.15) is 0 Å². The van der Waals surface area contributed by atoms with Crippen LogP contribution < -0.4 is 11.1 Å². The van der Waals surface area contributed by atoms with Crippen LogP contribution in [0.25, 0.3) is 0 Å². The Bertz CT molecular complexity index is 304. The first-order valence-electron chi connectivity index (χ1n) is 4.51. The number of benzene rings is 1. The minimum atomic E-state index is 0.310. The van der Waals surface area contributed by atoms with Gasteiger partial charge in [-0.05, 0) is 30.7 Å². The summed E-state index contributed by atoms with van der Waals surface area (Å²) in [7, 11) is 0. The Morgan fingerprint density at radius 1 is 1.57 bits per heavy atom. The number of nitrogens with two attached hydrogens (primary N) is 1. The minimum Gasteiger partial charge on any atom is -0.329 e. The van der Waals surface area contributed by atoms with E-state index in [1.54, 1.807) is 0 Å². The zero-order chi connectivity index (χ0) is 10.6. The maximum Gasteiger partial charge on any atom is 0.0451 e. The van der Waals surface area contributed by atoms with Crippen molar-refractivity contribution in [1.29, 1.82) is 0 Å². The number of halogens is 2. The van der Waals surface area contributed by atoms with Gasteiger partial charge in [0.2, 0.25) is 0 Å². The van der Waals surface area contributed by atoms with E-state index in [1.807, 2.05) is 25.1 Å². The third kappa shape index (κ3) is 3.58. The van der Waals surface area contributed by atoms with Gasteiger partial charge >= 0.3 is 0 Å². The van der Waals surface area contributed by atoms with E-state index in [9.17, 15) is 0 Å². The third-order valence-electron chi connectivity index (χ3n) is 2.00. The molecule has 1 aromatic carbocycles. The Hall–Kier alpha value is -0.0900. The summed E-state index contributed by atoms with van der Waals surface area (Å²) in [5.74, 6) is 0. The van der Waals surface area contributed by atoms with E-state index >= 15 is 0 Å². The van der Waals surface area contributed by atoms with Crippen LogP contribution >= 0.6 is 27.5 Å². The standard InChI is InChI=1S/C10H14BrClN2/c1-7(5-13)14-6-8-4-9(11)2-3-10(8)12/h2-4,7,14H,5-6,13H2,1H3/t7-/m0/s1. The normalized spacial score (nSPS) is 12.9. The van der Waals surface area contributed by atoms with Crippen LogP contribution in [0.2, 0.25) is 5.02 Å². The molecule has 3 N–H and O–H groups in total. The van der Waals surface area contributed by atoms with Crippen molar-refractivity contribution in [1.82, 2.24) is 5.32 Å². The van der Waals surface area contributed by atoms with E-state index in [-0.39, 0.29) is 0 Å². The molecule has 14 heavy (non-hydrogen) atoms. The smallest absolute Gasteiger partial charge is 0.0451 e. The Morgan fingerprint density at radius 2 is 2.29 bits per heavy atom. The second kappa shape index (κ2) is 5.71. The molecule has 0 heterocycles. The minimum absolute atomic E-state index is 0.310. The molecular formula is C10H14BrClN2. The molecule has 0 saturated carbocycles. The average molecular weight is 278 g/mol. The summed E-state index contributed by atoms with van der Waals surface area (Å²) < 4.78 is 1.04. The van der Waals surface area contributed by atoms with Gasteiger partial charge in [0.25, 0.3) is 0 Å². The fourth-order valence-corrected chi connectivity index (χ4v) is 1.64. The van der Waals surface area contributed by atoms with E-state index < -0.39 is 0 Å². The molecular weight excluding hydrogens is 263 g/mol. The average Bonchev–Trinajstić information content (AvgIpc) is 2.19. The van der Waals surface area contributed by atoms with E-state index in [1.165, 1.54) is 0 Å². The number of nitrogens with one attached hydrogen (secondary N) is 1. The molecule has 0 aliphatic heterocycles. The molecule has 0 spiro atoms. The van der Waals surface area contributed by atoms with Crippen molar-refractivity contribution in [3.05, 3.63) is 33.3 Å². The van der Waals surface area contributed by atoms with Gasteiger partial charge in [0.05, 0.1) is 0 Å². The number of hydrogen-bond acceptors (Lipinski definition) is 2. The fraction of sp³-hybridized carbons (Fsp3) is 0.400. The molecule has 0 radical (unpaired) electrons. The van der Waals surface area contributed by atoms with E-state index in [0.717, 1.165) is 21.6 Å². The lowest BCUT2D eigenvalue weighted by molar-refractivity contribution is 0.556. The molecule has 0 unspecified atom stereocenters. The lowest BCUT2D eigenvalue weighted by atomic mass is 10.2. The highest BCUT2D eigenvalue weighted by atomic mass is 79.9. The highest BCUT2D eigenvalue weighted by Gasteiger charge is 2.03. The van der Waals surface area contributed by atoms with Gasteiger partial charge in [-0.1, -0.05) is 27.5 Å². The molecule has 78 valence electrons. The van der Waals surface area contributed by atoms with Gasteiger partial charge in [0, 0.05) is 28.6 Å². The second-order valence-electron chi connectivity index (χ2n) is 3.25. The lowest BCUT2D eigenvalue weighted by Gasteiger charge is -2.12. The van der Waals surface area contributed by atoms with Crippen molar-refractivity contribution < 1.29 is 0 Å². The highest BCUT2D eigenvalue weighted by Crippen LogP contribution is 2.20. The van der Waals surface area contributed by atoms with Crippen LogP contribution in [-0.4, -0.2) is 12.6 Å². The second-order valence-corrected chi connectivity index (χ2v) is 4.58. The van der Waals surface area contributed by atoms with Gasteiger partial charge in [-0.3, -0.25) is 0 Å². The van der Waals surface area contributed by atoms with Crippen LogP contribution in [0, 0.1) is 0 Å². The van der Waals surface area contributed by atoms with E-state index in [4.69, 9.17) is 17.3 Å². The molecule has 0 saturated heterocycles. The largest absolute Gasteiger partial charge is 0.329 e. The van der Waals surface area contributed by atoms with Crippen molar-refractivity contribution in [2.45, 2.75) is 19.5 Å². The summed E-state index contributed by atoms with van der Waals surface area (Å²) >= 11 is 9.44. The number of hydrogen-bond donors (Lipinski definition) is 2. The third-order valence-corrected chi connectivity index (χ3v) is 2.86. The summed E-state index contributed by atoms with van der Waals surface area (Å²) in [5.41, 5.74) is 6.58. The Kier molecular flexibility index (Phi) is 4.89. The van der Waals surface area contributed by atoms with Crippen LogP contribution in [0.3, 0.4) is 0 Å². The lowest BCUT2D eigenvalue weighted by Crippen LogP contribution is -2.32. The SMILES string of the molecule is C[C@@H](CN)NCc1cc(Br)ccc1Cl. The van der Waals surface area contributed by atoms with Crippen molar-refractivity contribution in [2.24, 2.45) is 5.73 Å². The zero-order valence-electron chi connectivity index (χ0n) is 8.06. The highest BCUT2D eigenvalue weighted by molar-refractivity contribution is 9.10. The summed E-state index contributed by atoms with van der Waals surface area (Å²) in [4.78, 5) is 0. The summed E-state index contributed by atoms with van der Waals surface area (Å²) in [6.07, 6.45) is 0. The summed E-state index contributed by atoms with van der Waals surface area (Å²) in [6.45, 7) is 3.42. The molecule has 0 aromatic heterocycles.